The molecule has 1 amide bonds. The average Bonchev–Trinajstić information content (AvgIpc) is 2.79. The Balaban J connectivity index is 1.94. The van der Waals surface area contributed by atoms with E-state index >= 15 is 0 Å². The highest BCUT2D eigenvalue weighted by Crippen LogP contribution is 2.12. The van der Waals surface area contributed by atoms with Crippen LogP contribution in [-0.2, 0) is 16.0 Å². The van der Waals surface area contributed by atoms with Gasteiger partial charge in [-0.2, -0.15) is 0 Å². The zero-order chi connectivity index (χ0) is 12.3. The molecule has 6 nitrogen and oxygen atoms in total. The third kappa shape index (κ3) is 3.01. The lowest BCUT2D eigenvalue weighted by atomic mass is 10.3. The quantitative estimate of drug-likeness (QED) is 0.838. The van der Waals surface area contributed by atoms with Gasteiger partial charge in [0, 0.05) is 18.5 Å². The molecule has 17 heavy (non-hydrogen) atoms. The maximum absolute atomic E-state index is 11.8. The fourth-order valence-electron chi connectivity index (χ4n) is 1.54. The molecule has 2 heterocycles. The number of amides is 1. The van der Waals surface area contributed by atoms with E-state index in [0.29, 0.717) is 31.3 Å². The Kier molecular flexibility index (Phi) is 3.70. The van der Waals surface area contributed by atoms with E-state index < -0.39 is 5.97 Å². The summed E-state index contributed by atoms with van der Waals surface area (Å²) in [6.07, 6.45) is 0.165. The van der Waals surface area contributed by atoms with Gasteiger partial charge >= 0.3 is 5.97 Å². The molecule has 0 atom stereocenters. The van der Waals surface area contributed by atoms with E-state index in [-0.39, 0.29) is 18.0 Å². The van der Waals surface area contributed by atoms with Crippen LogP contribution in [0.1, 0.15) is 15.5 Å². The number of aromatic nitrogens is 1. The molecule has 0 bridgehead atoms. The maximum Gasteiger partial charge on any atom is 0.355 e. The molecule has 0 aliphatic carbocycles. The lowest BCUT2D eigenvalue weighted by molar-refractivity contribution is -0.134. The van der Waals surface area contributed by atoms with Crippen molar-refractivity contribution in [3.8, 4) is 0 Å². The van der Waals surface area contributed by atoms with Crippen LogP contribution in [0.3, 0.4) is 0 Å². The van der Waals surface area contributed by atoms with E-state index in [1.165, 1.54) is 16.7 Å². The van der Waals surface area contributed by atoms with Crippen LogP contribution in [0.5, 0.6) is 0 Å². The maximum atomic E-state index is 11.8. The number of carboxylic acids is 1. The summed E-state index contributed by atoms with van der Waals surface area (Å²) in [5, 5.41) is 10.7. The van der Waals surface area contributed by atoms with E-state index in [1.54, 1.807) is 4.90 Å². The van der Waals surface area contributed by atoms with Gasteiger partial charge in [-0.05, 0) is 0 Å². The van der Waals surface area contributed by atoms with E-state index in [2.05, 4.69) is 4.98 Å². The third-order valence-electron chi connectivity index (χ3n) is 2.44. The monoisotopic (exact) mass is 256 g/mol. The van der Waals surface area contributed by atoms with Crippen molar-refractivity contribution in [1.29, 1.82) is 0 Å². The highest BCUT2D eigenvalue weighted by atomic mass is 32.1. The van der Waals surface area contributed by atoms with Gasteiger partial charge in [0.2, 0.25) is 5.91 Å². The van der Waals surface area contributed by atoms with Crippen LogP contribution >= 0.6 is 11.3 Å². The number of carboxylic acid groups (broad SMARTS) is 1. The van der Waals surface area contributed by atoms with Gasteiger partial charge in [0.1, 0.15) is 5.01 Å². The summed E-state index contributed by atoms with van der Waals surface area (Å²) in [5.74, 6) is -1.09. The summed E-state index contributed by atoms with van der Waals surface area (Å²) in [4.78, 5) is 28.1. The summed E-state index contributed by atoms with van der Waals surface area (Å²) in [7, 11) is 0. The first-order chi connectivity index (χ1) is 8.16. The highest BCUT2D eigenvalue weighted by molar-refractivity contribution is 7.09. The predicted octanol–water partition coefficient (Wildman–Crippen LogP) is 0.243. The molecule has 1 aliphatic heterocycles. The first-order valence-corrected chi connectivity index (χ1v) is 6.08. The molecule has 0 radical (unpaired) electrons. The van der Waals surface area contributed by atoms with Crippen molar-refractivity contribution in [1.82, 2.24) is 9.88 Å². The second-order valence-electron chi connectivity index (χ2n) is 3.60. The molecule has 1 fully saturated rings. The average molecular weight is 256 g/mol. The van der Waals surface area contributed by atoms with Gasteiger partial charge in [-0.15, -0.1) is 11.3 Å². The number of carbonyl (C=O) groups excluding carboxylic acids is 1. The first kappa shape index (κ1) is 12.0. The molecule has 0 aromatic carbocycles. The molecule has 7 heteroatoms. The van der Waals surface area contributed by atoms with Gasteiger partial charge in [0.05, 0.1) is 19.6 Å². The molecule has 1 saturated heterocycles. The number of ether oxygens (including phenoxy) is 1. The minimum Gasteiger partial charge on any atom is -0.476 e. The van der Waals surface area contributed by atoms with Crippen molar-refractivity contribution in [2.75, 3.05) is 26.3 Å². The molecular formula is C10H12N2O4S. The Labute approximate surface area is 102 Å². The van der Waals surface area contributed by atoms with Crippen molar-refractivity contribution in [2.45, 2.75) is 6.42 Å². The van der Waals surface area contributed by atoms with Crippen molar-refractivity contribution in [2.24, 2.45) is 0 Å². The third-order valence-corrected chi connectivity index (χ3v) is 3.29. The lowest BCUT2D eigenvalue weighted by Gasteiger charge is -2.26. The summed E-state index contributed by atoms with van der Waals surface area (Å²) in [6, 6.07) is 0. The van der Waals surface area contributed by atoms with Crippen LogP contribution in [0.2, 0.25) is 0 Å². The van der Waals surface area contributed by atoms with Crippen LogP contribution in [0, 0.1) is 0 Å². The van der Waals surface area contributed by atoms with Crippen molar-refractivity contribution >= 4 is 23.2 Å². The first-order valence-electron chi connectivity index (χ1n) is 5.20. The second-order valence-corrected chi connectivity index (χ2v) is 4.54. The molecule has 1 aromatic heterocycles. The number of nitrogens with zero attached hydrogens (tertiary/aromatic N) is 2. The Bertz CT molecular complexity index is 426. The largest absolute Gasteiger partial charge is 0.476 e. The number of carbonyl (C=O) groups is 2. The van der Waals surface area contributed by atoms with E-state index in [4.69, 9.17) is 9.84 Å². The smallest absolute Gasteiger partial charge is 0.355 e. The predicted molar refractivity (Wildman–Crippen MR) is 60.2 cm³/mol. The molecule has 2 rings (SSSR count). The van der Waals surface area contributed by atoms with Crippen LogP contribution in [0.25, 0.3) is 0 Å². The Hall–Kier alpha value is -1.47. The lowest BCUT2D eigenvalue weighted by Crippen LogP contribution is -2.41. The van der Waals surface area contributed by atoms with Crippen LogP contribution in [0.4, 0.5) is 0 Å². The Morgan fingerprint density at radius 1 is 1.47 bits per heavy atom. The van der Waals surface area contributed by atoms with Crippen molar-refractivity contribution < 1.29 is 19.4 Å². The minimum absolute atomic E-state index is 0.000206. The minimum atomic E-state index is -1.06. The SMILES string of the molecule is O=C(O)c1csc(CC(=O)N2CCOCC2)n1. The zero-order valence-corrected chi connectivity index (χ0v) is 9.90. The van der Waals surface area contributed by atoms with Crippen molar-refractivity contribution in [3.63, 3.8) is 0 Å². The van der Waals surface area contributed by atoms with Gasteiger partial charge in [-0.3, -0.25) is 4.79 Å². The molecule has 0 saturated carbocycles. The molecule has 0 unspecified atom stereocenters. The Morgan fingerprint density at radius 3 is 2.76 bits per heavy atom. The van der Waals surface area contributed by atoms with E-state index in [1.807, 2.05) is 0 Å². The number of rotatable bonds is 3. The van der Waals surface area contributed by atoms with Gasteiger partial charge in [-0.25, -0.2) is 9.78 Å². The molecular weight excluding hydrogens is 244 g/mol. The standard InChI is InChI=1S/C10H12N2O4S/c13-9(12-1-3-16-4-2-12)5-8-11-7(6-17-8)10(14)15/h6H,1-5H2,(H,14,15). The molecule has 1 aromatic rings. The van der Waals surface area contributed by atoms with E-state index in [9.17, 15) is 9.59 Å². The summed E-state index contributed by atoms with van der Waals surface area (Å²) < 4.78 is 5.15. The summed E-state index contributed by atoms with van der Waals surface area (Å²) in [5.41, 5.74) is -0.000206. The summed E-state index contributed by atoms with van der Waals surface area (Å²) >= 11 is 1.20. The van der Waals surface area contributed by atoms with Crippen molar-refractivity contribution in [3.05, 3.63) is 16.1 Å². The molecule has 92 valence electrons. The van der Waals surface area contributed by atoms with Gasteiger partial charge in [0.15, 0.2) is 5.69 Å². The van der Waals surface area contributed by atoms with Gasteiger partial charge in [-0.1, -0.05) is 0 Å². The number of thiazole rings is 1. The fraction of sp³-hybridized carbons (Fsp3) is 0.500. The number of aromatic carboxylic acids is 1. The highest BCUT2D eigenvalue weighted by Gasteiger charge is 2.19. The number of hydrogen-bond donors (Lipinski definition) is 1. The topological polar surface area (TPSA) is 79.7 Å². The van der Waals surface area contributed by atoms with Crippen LogP contribution in [-0.4, -0.2) is 53.2 Å². The second kappa shape index (κ2) is 5.24. The molecule has 1 N–H and O–H groups in total. The number of hydrogen-bond acceptors (Lipinski definition) is 5. The van der Waals surface area contributed by atoms with Crippen LogP contribution < -0.4 is 0 Å². The molecule has 0 spiro atoms. The normalized spacial score (nSPS) is 15.9. The van der Waals surface area contributed by atoms with E-state index in [0.717, 1.165) is 0 Å². The molecule has 1 aliphatic rings. The van der Waals surface area contributed by atoms with Gasteiger partial charge in [0.25, 0.3) is 0 Å². The number of morpholine rings is 1. The zero-order valence-electron chi connectivity index (χ0n) is 9.09. The van der Waals surface area contributed by atoms with Crippen LogP contribution in [0.15, 0.2) is 5.38 Å². The fourth-order valence-corrected chi connectivity index (χ4v) is 2.30. The van der Waals surface area contributed by atoms with Gasteiger partial charge < -0.3 is 14.7 Å². The Morgan fingerprint density at radius 2 is 2.18 bits per heavy atom. The summed E-state index contributed by atoms with van der Waals surface area (Å²) in [6.45, 7) is 2.31.